The largest absolute Gasteiger partial charge is 0.302 e. The number of carbonyl (C=O) groups excluding carboxylic acids is 1. The molecule has 0 aromatic heterocycles. The predicted octanol–water partition coefficient (Wildman–Crippen LogP) is 4.26. The van der Waals surface area contributed by atoms with Gasteiger partial charge < -0.3 is 4.90 Å². The number of hydrogen-bond donors (Lipinski definition) is 0. The van der Waals surface area contributed by atoms with Crippen LogP contribution in [0.3, 0.4) is 0 Å². The molecule has 0 amide bonds. The van der Waals surface area contributed by atoms with E-state index in [0.717, 1.165) is 35.9 Å². The van der Waals surface area contributed by atoms with Crippen molar-refractivity contribution < 1.29 is 4.79 Å². The van der Waals surface area contributed by atoms with Crippen LogP contribution in [0.4, 0.5) is 0 Å². The van der Waals surface area contributed by atoms with Crippen LogP contribution in [-0.4, -0.2) is 30.3 Å². The molecule has 1 aliphatic heterocycles. The SMILES string of the molecule is CC1CN(CCC(=O)c2ccc(Br)cc2Cl)CC1C. The van der Waals surface area contributed by atoms with Crippen molar-refractivity contribution in [3.05, 3.63) is 33.3 Å². The molecule has 2 atom stereocenters. The van der Waals surface area contributed by atoms with E-state index in [9.17, 15) is 4.79 Å². The first-order valence-corrected chi connectivity index (χ1v) is 7.85. The Bertz CT molecular complexity index is 467. The van der Waals surface area contributed by atoms with Crippen LogP contribution in [0.15, 0.2) is 22.7 Å². The van der Waals surface area contributed by atoms with Gasteiger partial charge in [0.2, 0.25) is 0 Å². The van der Waals surface area contributed by atoms with Crippen LogP contribution in [0.5, 0.6) is 0 Å². The summed E-state index contributed by atoms with van der Waals surface area (Å²) in [5, 5.41) is 0.530. The Kier molecular flexibility index (Phi) is 5.04. The van der Waals surface area contributed by atoms with E-state index >= 15 is 0 Å². The average Bonchev–Trinajstić information content (AvgIpc) is 2.66. The first-order valence-electron chi connectivity index (χ1n) is 6.68. The summed E-state index contributed by atoms with van der Waals surface area (Å²) >= 11 is 9.45. The number of ketones is 1. The quantitative estimate of drug-likeness (QED) is 0.761. The molecule has 1 fully saturated rings. The van der Waals surface area contributed by atoms with Gasteiger partial charge in [-0.15, -0.1) is 0 Å². The lowest BCUT2D eigenvalue weighted by Crippen LogP contribution is -2.24. The third-order valence-corrected chi connectivity index (χ3v) is 4.76. The minimum absolute atomic E-state index is 0.129. The Morgan fingerprint density at radius 2 is 2.00 bits per heavy atom. The number of rotatable bonds is 4. The molecule has 0 radical (unpaired) electrons. The molecule has 2 nitrogen and oxygen atoms in total. The van der Waals surface area contributed by atoms with Gasteiger partial charge in [0.25, 0.3) is 0 Å². The van der Waals surface area contributed by atoms with E-state index in [-0.39, 0.29) is 5.78 Å². The molecule has 2 rings (SSSR count). The van der Waals surface area contributed by atoms with Gasteiger partial charge in [0.15, 0.2) is 5.78 Å². The molecule has 0 aliphatic carbocycles. The highest BCUT2D eigenvalue weighted by molar-refractivity contribution is 9.10. The fourth-order valence-electron chi connectivity index (χ4n) is 2.54. The highest BCUT2D eigenvalue weighted by atomic mass is 79.9. The van der Waals surface area contributed by atoms with Crippen molar-refractivity contribution in [2.24, 2.45) is 11.8 Å². The van der Waals surface area contributed by atoms with Crippen molar-refractivity contribution in [2.75, 3.05) is 19.6 Å². The monoisotopic (exact) mass is 343 g/mol. The summed E-state index contributed by atoms with van der Waals surface area (Å²) in [7, 11) is 0. The summed E-state index contributed by atoms with van der Waals surface area (Å²) in [6.07, 6.45) is 0.542. The van der Waals surface area contributed by atoms with E-state index in [1.165, 1.54) is 0 Å². The van der Waals surface area contributed by atoms with Crippen LogP contribution in [-0.2, 0) is 0 Å². The summed E-state index contributed by atoms with van der Waals surface area (Å²) in [4.78, 5) is 14.5. The predicted molar refractivity (Wildman–Crippen MR) is 82.9 cm³/mol. The zero-order chi connectivity index (χ0) is 14.0. The Hall–Kier alpha value is -0.380. The molecule has 1 saturated heterocycles. The normalized spacial score (nSPS) is 23.8. The Morgan fingerprint density at radius 3 is 2.58 bits per heavy atom. The van der Waals surface area contributed by atoms with Crippen molar-refractivity contribution in [3.63, 3.8) is 0 Å². The van der Waals surface area contributed by atoms with E-state index in [1.54, 1.807) is 12.1 Å². The Morgan fingerprint density at radius 1 is 1.37 bits per heavy atom. The van der Waals surface area contributed by atoms with Gasteiger partial charge in [-0.2, -0.15) is 0 Å². The van der Waals surface area contributed by atoms with Gasteiger partial charge in [-0.3, -0.25) is 4.79 Å². The van der Waals surface area contributed by atoms with Gasteiger partial charge in [-0.1, -0.05) is 41.4 Å². The summed E-state index contributed by atoms with van der Waals surface area (Å²) in [6, 6.07) is 5.43. The molecular formula is C15H19BrClNO. The number of halogens is 2. The van der Waals surface area contributed by atoms with Crippen molar-refractivity contribution in [3.8, 4) is 0 Å². The first kappa shape index (κ1) is 15.0. The van der Waals surface area contributed by atoms with Gasteiger partial charge in [0, 0.05) is 36.1 Å². The van der Waals surface area contributed by atoms with Gasteiger partial charge in [0.05, 0.1) is 5.02 Å². The molecule has 1 heterocycles. The number of hydrogen-bond acceptors (Lipinski definition) is 2. The maximum Gasteiger partial charge on any atom is 0.165 e. The zero-order valence-corrected chi connectivity index (χ0v) is 13.7. The molecule has 0 spiro atoms. The van der Waals surface area contributed by atoms with E-state index in [4.69, 9.17) is 11.6 Å². The summed E-state index contributed by atoms with van der Waals surface area (Å²) in [6.45, 7) is 7.58. The molecule has 0 saturated carbocycles. The number of likely N-dealkylation sites (tertiary alicyclic amines) is 1. The molecule has 1 aromatic rings. The zero-order valence-electron chi connectivity index (χ0n) is 11.3. The summed E-state index contributed by atoms with van der Waals surface area (Å²) < 4.78 is 0.899. The van der Waals surface area contributed by atoms with E-state index in [0.29, 0.717) is 17.0 Å². The van der Waals surface area contributed by atoms with Crippen LogP contribution >= 0.6 is 27.5 Å². The second kappa shape index (κ2) is 6.38. The number of Topliss-reactive ketones (excluding diaryl/α,β-unsaturated/α-hetero) is 1. The topological polar surface area (TPSA) is 20.3 Å². The number of carbonyl (C=O) groups is 1. The Balaban J connectivity index is 1.91. The van der Waals surface area contributed by atoms with Crippen LogP contribution in [0.2, 0.25) is 5.02 Å². The summed E-state index contributed by atoms with van der Waals surface area (Å²) in [5.74, 6) is 1.59. The van der Waals surface area contributed by atoms with Crippen LogP contribution in [0.25, 0.3) is 0 Å². The van der Waals surface area contributed by atoms with Crippen LogP contribution in [0, 0.1) is 11.8 Å². The highest BCUT2D eigenvalue weighted by Crippen LogP contribution is 2.24. The van der Waals surface area contributed by atoms with Gasteiger partial charge in [0.1, 0.15) is 0 Å². The average molecular weight is 345 g/mol. The van der Waals surface area contributed by atoms with Crippen molar-refractivity contribution in [1.82, 2.24) is 4.90 Å². The van der Waals surface area contributed by atoms with E-state index in [2.05, 4.69) is 34.7 Å². The first-order chi connectivity index (χ1) is 8.97. The lowest BCUT2D eigenvalue weighted by Gasteiger charge is -2.14. The molecule has 104 valence electrons. The highest BCUT2D eigenvalue weighted by Gasteiger charge is 2.26. The van der Waals surface area contributed by atoms with Crippen LogP contribution < -0.4 is 0 Å². The van der Waals surface area contributed by atoms with Crippen molar-refractivity contribution in [2.45, 2.75) is 20.3 Å². The van der Waals surface area contributed by atoms with Crippen molar-refractivity contribution in [1.29, 1.82) is 0 Å². The lowest BCUT2D eigenvalue weighted by atomic mass is 10.0. The fraction of sp³-hybridized carbons (Fsp3) is 0.533. The fourth-order valence-corrected chi connectivity index (χ4v) is 3.32. The maximum absolute atomic E-state index is 12.2. The second-order valence-electron chi connectivity index (χ2n) is 5.51. The van der Waals surface area contributed by atoms with Gasteiger partial charge >= 0.3 is 0 Å². The molecule has 1 aromatic carbocycles. The third kappa shape index (κ3) is 3.80. The number of nitrogens with zero attached hydrogens (tertiary/aromatic N) is 1. The molecule has 19 heavy (non-hydrogen) atoms. The molecule has 0 N–H and O–H groups in total. The second-order valence-corrected chi connectivity index (χ2v) is 6.83. The van der Waals surface area contributed by atoms with E-state index in [1.807, 2.05) is 6.07 Å². The van der Waals surface area contributed by atoms with Gasteiger partial charge in [-0.05, 0) is 30.0 Å². The standard InChI is InChI=1S/C15H19BrClNO/c1-10-8-18(9-11(10)2)6-5-15(19)13-4-3-12(16)7-14(13)17/h3-4,7,10-11H,5-6,8-9H2,1-2H3. The van der Waals surface area contributed by atoms with Crippen molar-refractivity contribution >= 4 is 33.3 Å². The van der Waals surface area contributed by atoms with E-state index < -0.39 is 0 Å². The van der Waals surface area contributed by atoms with Gasteiger partial charge in [-0.25, -0.2) is 0 Å². The molecule has 4 heteroatoms. The molecular weight excluding hydrogens is 326 g/mol. The summed E-state index contributed by atoms with van der Waals surface area (Å²) in [5.41, 5.74) is 0.630. The minimum Gasteiger partial charge on any atom is -0.302 e. The molecule has 0 bridgehead atoms. The van der Waals surface area contributed by atoms with Crippen LogP contribution in [0.1, 0.15) is 30.6 Å². The minimum atomic E-state index is 0.129. The molecule has 1 aliphatic rings. The smallest absolute Gasteiger partial charge is 0.165 e. The number of benzene rings is 1. The maximum atomic E-state index is 12.2. The lowest BCUT2D eigenvalue weighted by molar-refractivity contribution is 0.0968. The third-order valence-electron chi connectivity index (χ3n) is 3.95. The Labute approximate surface area is 128 Å². The molecule has 2 unspecified atom stereocenters.